The molecule has 0 aromatic heterocycles. The third-order valence-electron chi connectivity index (χ3n) is 9.41. The quantitative estimate of drug-likeness (QED) is 0.542. The Morgan fingerprint density at radius 2 is 1.97 bits per heavy atom. The van der Waals surface area contributed by atoms with E-state index in [1.807, 2.05) is 7.11 Å². The second kappa shape index (κ2) is 9.53. The van der Waals surface area contributed by atoms with E-state index in [9.17, 15) is 5.11 Å². The van der Waals surface area contributed by atoms with Gasteiger partial charge in [-0.25, -0.2) is 0 Å². The summed E-state index contributed by atoms with van der Waals surface area (Å²) in [6.07, 6.45) is 17.8. The van der Waals surface area contributed by atoms with Crippen LogP contribution in [0.25, 0.3) is 0 Å². The van der Waals surface area contributed by atoms with Crippen molar-refractivity contribution in [3.63, 3.8) is 0 Å². The predicted molar refractivity (Wildman–Crippen MR) is 129 cm³/mol. The number of rotatable bonds is 5. The van der Waals surface area contributed by atoms with Crippen molar-refractivity contribution in [3.8, 4) is 0 Å². The maximum absolute atomic E-state index is 10.2. The summed E-state index contributed by atoms with van der Waals surface area (Å²) < 4.78 is 5.81. The van der Waals surface area contributed by atoms with Gasteiger partial charge >= 0.3 is 0 Å². The molecule has 31 heavy (non-hydrogen) atoms. The first-order valence-corrected chi connectivity index (χ1v) is 12.8. The first-order valence-electron chi connectivity index (χ1n) is 12.8. The van der Waals surface area contributed by atoms with Crippen molar-refractivity contribution in [2.45, 2.75) is 96.2 Å². The highest BCUT2D eigenvalue weighted by Gasteiger charge is 2.48. The second-order valence-corrected chi connectivity index (χ2v) is 11.5. The smallest absolute Gasteiger partial charge is 0.0784 e. The molecular formula is C28H45NO2. The summed E-state index contributed by atoms with van der Waals surface area (Å²) in [6.45, 7) is 12.4. The van der Waals surface area contributed by atoms with Crippen molar-refractivity contribution in [1.82, 2.24) is 4.90 Å². The standard InChI is InChI=1S/C28H45NO2/c1-21-8-9-22(19-26(21)30)10-11-23-7-5-16-28(3)24(12-13-25(23)28)14-18-29-17-6-15-27(2,20-29)31-4/h10-11,24-26,30H,1,5-9,12-20H2,2-4H3/b22-10-,23-11+. The molecule has 0 amide bonds. The number of allylic oxidation sites excluding steroid dienone is 3. The van der Waals surface area contributed by atoms with Crippen molar-refractivity contribution >= 4 is 0 Å². The van der Waals surface area contributed by atoms with Crippen LogP contribution in [-0.4, -0.2) is 48.5 Å². The van der Waals surface area contributed by atoms with Crippen LogP contribution in [0.5, 0.6) is 0 Å². The fourth-order valence-electron chi connectivity index (χ4n) is 7.18. The molecule has 3 nitrogen and oxygen atoms in total. The third kappa shape index (κ3) is 5.04. The van der Waals surface area contributed by atoms with Crippen LogP contribution >= 0.6 is 0 Å². The van der Waals surface area contributed by atoms with E-state index in [2.05, 4.69) is 37.5 Å². The van der Waals surface area contributed by atoms with Crippen molar-refractivity contribution in [1.29, 1.82) is 0 Å². The first kappa shape index (κ1) is 23.3. The monoisotopic (exact) mass is 427 g/mol. The lowest BCUT2D eigenvalue weighted by molar-refractivity contribution is -0.0526. The number of hydrogen-bond donors (Lipinski definition) is 1. The highest BCUT2D eigenvalue weighted by molar-refractivity contribution is 5.27. The van der Waals surface area contributed by atoms with Gasteiger partial charge in [-0.2, -0.15) is 0 Å². The van der Waals surface area contributed by atoms with Crippen LogP contribution in [0.4, 0.5) is 0 Å². The molecule has 1 saturated heterocycles. The zero-order valence-corrected chi connectivity index (χ0v) is 20.3. The molecule has 5 atom stereocenters. The van der Waals surface area contributed by atoms with Crippen LogP contribution < -0.4 is 0 Å². The van der Waals surface area contributed by atoms with Crippen LogP contribution in [0, 0.1) is 17.3 Å². The molecule has 3 aliphatic carbocycles. The van der Waals surface area contributed by atoms with E-state index >= 15 is 0 Å². The van der Waals surface area contributed by atoms with E-state index in [1.54, 1.807) is 5.57 Å². The fraction of sp³-hybridized carbons (Fsp3) is 0.786. The summed E-state index contributed by atoms with van der Waals surface area (Å²) in [4.78, 5) is 2.66. The number of aliphatic hydroxyl groups is 1. The van der Waals surface area contributed by atoms with Gasteiger partial charge in [0, 0.05) is 13.7 Å². The Kier molecular flexibility index (Phi) is 7.15. The van der Waals surface area contributed by atoms with Gasteiger partial charge in [-0.1, -0.05) is 36.8 Å². The largest absolute Gasteiger partial charge is 0.388 e. The topological polar surface area (TPSA) is 32.7 Å². The van der Waals surface area contributed by atoms with Crippen LogP contribution in [0.1, 0.15) is 84.5 Å². The highest BCUT2D eigenvalue weighted by atomic mass is 16.5. The van der Waals surface area contributed by atoms with Gasteiger partial charge in [0.2, 0.25) is 0 Å². The van der Waals surface area contributed by atoms with E-state index in [-0.39, 0.29) is 11.7 Å². The maximum Gasteiger partial charge on any atom is 0.0784 e. The Labute approximate surface area is 190 Å². The number of piperidine rings is 1. The van der Waals surface area contributed by atoms with Gasteiger partial charge in [0.1, 0.15) is 0 Å². The molecule has 0 radical (unpaired) electrons. The second-order valence-electron chi connectivity index (χ2n) is 11.5. The normalized spacial score (nSPS) is 42.3. The van der Waals surface area contributed by atoms with Gasteiger partial charge in [-0.05, 0) is 113 Å². The van der Waals surface area contributed by atoms with Crippen molar-refractivity contribution in [2.24, 2.45) is 17.3 Å². The summed E-state index contributed by atoms with van der Waals surface area (Å²) in [5, 5.41) is 10.2. The molecule has 4 aliphatic rings. The van der Waals surface area contributed by atoms with Crippen LogP contribution in [0.3, 0.4) is 0 Å². The average molecular weight is 428 g/mol. The Hall–Kier alpha value is -0.900. The van der Waals surface area contributed by atoms with E-state index in [1.165, 1.54) is 70.0 Å². The summed E-state index contributed by atoms with van der Waals surface area (Å²) in [6, 6.07) is 0. The number of hydrogen-bond acceptors (Lipinski definition) is 3. The molecule has 174 valence electrons. The van der Waals surface area contributed by atoms with Gasteiger partial charge in [-0.3, -0.25) is 0 Å². The number of methoxy groups -OCH3 is 1. The highest BCUT2D eigenvalue weighted by Crippen LogP contribution is 2.58. The lowest BCUT2D eigenvalue weighted by Gasteiger charge is -2.44. The summed E-state index contributed by atoms with van der Waals surface area (Å²) in [5.41, 5.74) is 4.62. The lowest BCUT2D eigenvalue weighted by Crippen LogP contribution is -2.48. The average Bonchev–Trinajstić information content (AvgIpc) is 3.10. The molecule has 4 fully saturated rings. The van der Waals surface area contributed by atoms with E-state index in [0.717, 1.165) is 43.2 Å². The van der Waals surface area contributed by atoms with Gasteiger partial charge in [0.25, 0.3) is 0 Å². The zero-order valence-electron chi connectivity index (χ0n) is 20.3. The zero-order chi connectivity index (χ0) is 22.1. The SMILES string of the molecule is C=C1CC/C(=C/C=C2\CCCC3(C)C(CCN4CCCC(C)(OC)C4)CCC23)CC1O. The molecule has 0 aromatic rings. The Bertz CT molecular complexity index is 725. The molecule has 5 unspecified atom stereocenters. The predicted octanol–water partition coefficient (Wildman–Crippen LogP) is 6.05. The van der Waals surface area contributed by atoms with Crippen LogP contribution in [-0.2, 0) is 4.74 Å². The molecule has 4 rings (SSSR count). The minimum absolute atomic E-state index is 0.0493. The number of ether oxygens (including phenoxy) is 1. The number of nitrogens with zero attached hydrogens (tertiary/aromatic N) is 1. The van der Waals surface area contributed by atoms with Crippen LogP contribution in [0.15, 0.2) is 35.5 Å². The summed E-state index contributed by atoms with van der Waals surface area (Å²) >= 11 is 0. The molecule has 0 aromatic carbocycles. The van der Waals surface area contributed by atoms with Gasteiger partial charge in [-0.15, -0.1) is 0 Å². The Morgan fingerprint density at radius 1 is 1.13 bits per heavy atom. The van der Waals surface area contributed by atoms with E-state index in [4.69, 9.17) is 4.74 Å². The third-order valence-corrected chi connectivity index (χ3v) is 9.41. The van der Waals surface area contributed by atoms with Crippen LogP contribution in [0.2, 0.25) is 0 Å². The molecule has 0 bridgehead atoms. The summed E-state index contributed by atoms with van der Waals surface area (Å²) in [5.74, 6) is 1.61. The summed E-state index contributed by atoms with van der Waals surface area (Å²) in [7, 11) is 1.88. The molecule has 1 N–H and O–H groups in total. The Balaban J connectivity index is 1.38. The first-order chi connectivity index (χ1) is 14.8. The number of fused-ring (bicyclic) bond motifs is 1. The van der Waals surface area contributed by atoms with E-state index in [0.29, 0.717) is 5.41 Å². The lowest BCUT2D eigenvalue weighted by atomic mass is 9.63. The van der Waals surface area contributed by atoms with Gasteiger partial charge < -0.3 is 14.7 Å². The van der Waals surface area contributed by atoms with Crippen molar-refractivity contribution < 1.29 is 9.84 Å². The van der Waals surface area contributed by atoms with Gasteiger partial charge in [0.05, 0.1) is 11.7 Å². The molecule has 1 heterocycles. The van der Waals surface area contributed by atoms with Crippen molar-refractivity contribution in [3.05, 3.63) is 35.5 Å². The molecule has 1 aliphatic heterocycles. The minimum Gasteiger partial charge on any atom is -0.388 e. The van der Waals surface area contributed by atoms with Crippen molar-refractivity contribution in [2.75, 3.05) is 26.7 Å². The molecular weight excluding hydrogens is 382 g/mol. The molecule has 0 spiro atoms. The fourth-order valence-corrected chi connectivity index (χ4v) is 7.18. The van der Waals surface area contributed by atoms with Gasteiger partial charge in [0.15, 0.2) is 0 Å². The Morgan fingerprint density at radius 3 is 2.74 bits per heavy atom. The maximum atomic E-state index is 10.2. The molecule has 3 saturated carbocycles. The number of aliphatic hydroxyl groups excluding tert-OH is 1. The number of likely N-dealkylation sites (tertiary alicyclic amines) is 1. The minimum atomic E-state index is -0.333. The van der Waals surface area contributed by atoms with E-state index < -0.39 is 0 Å². The molecule has 3 heteroatoms.